The lowest BCUT2D eigenvalue weighted by Gasteiger charge is -2.39. The summed E-state index contributed by atoms with van der Waals surface area (Å²) in [6.45, 7) is 6.53. The molecule has 1 aliphatic rings. The third kappa shape index (κ3) is 2.26. The molecule has 0 atom stereocenters. The van der Waals surface area contributed by atoms with E-state index in [1.54, 1.807) is 12.3 Å². The molecule has 0 unspecified atom stereocenters. The molecule has 18 heavy (non-hydrogen) atoms. The smallest absolute Gasteiger partial charge is 0.153 e. The van der Waals surface area contributed by atoms with Gasteiger partial charge in [-0.05, 0) is 24.3 Å². The van der Waals surface area contributed by atoms with Crippen LogP contribution in [-0.4, -0.2) is 18.1 Å². The van der Waals surface area contributed by atoms with Crippen LogP contribution in [0.15, 0.2) is 12.3 Å². The van der Waals surface area contributed by atoms with E-state index in [0.29, 0.717) is 16.7 Å². The van der Waals surface area contributed by atoms with Crippen LogP contribution in [0.1, 0.15) is 38.7 Å². The summed E-state index contributed by atoms with van der Waals surface area (Å²) in [5.41, 5.74) is 7.47. The first-order valence-corrected chi connectivity index (χ1v) is 6.49. The van der Waals surface area contributed by atoms with Crippen LogP contribution in [0.4, 0.5) is 11.5 Å². The molecule has 0 radical (unpaired) electrons. The number of hydrogen-bond acceptors (Lipinski definition) is 4. The highest BCUT2D eigenvalue weighted by molar-refractivity contribution is 5.70. The zero-order valence-electron chi connectivity index (χ0n) is 11.1. The number of rotatable bonds is 2. The monoisotopic (exact) mass is 244 g/mol. The third-order valence-electron chi connectivity index (χ3n) is 4.21. The Balaban J connectivity index is 2.18. The summed E-state index contributed by atoms with van der Waals surface area (Å²) >= 11 is 0. The van der Waals surface area contributed by atoms with Crippen LogP contribution < -0.4 is 10.6 Å². The Morgan fingerprint density at radius 3 is 2.72 bits per heavy atom. The Bertz CT molecular complexity index is 467. The average Bonchev–Trinajstić information content (AvgIpc) is 2.40. The Labute approximate surface area is 108 Å². The Morgan fingerprint density at radius 1 is 1.50 bits per heavy atom. The molecule has 0 saturated carbocycles. The van der Waals surface area contributed by atoms with Crippen molar-refractivity contribution in [3.05, 3.63) is 17.8 Å². The molecule has 1 aromatic heterocycles. The van der Waals surface area contributed by atoms with Gasteiger partial charge < -0.3 is 10.6 Å². The van der Waals surface area contributed by atoms with Crippen molar-refractivity contribution in [3.63, 3.8) is 0 Å². The molecule has 1 saturated heterocycles. The van der Waals surface area contributed by atoms with Crippen LogP contribution in [0.2, 0.25) is 0 Å². The fourth-order valence-electron chi connectivity index (χ4n) is 2.42. The van der Waals surface area contributed by atoms with E-state index in [2.05, 4.69) is 29.8 Å². The second kappa shape index (κ2) is 4.85. The summed E-state index contributed by atoms with van der Waals surface area (Å²) in [4.78, 5) is 6.54. The zero-order chi connectivity index (χ0) is 13.2. The van der Waals surface area contributed by atoms with Crippen molar-refractivity contribution in [1.29, 1.82) is 5.26 Å². The molecule has 2 rings (SSSR count). The Hall–Kier alpha value is -1.76. The highest BCUT2D eigenvalue weighted by Crippen LogP contribution is 2.36. The minimum absolute atomic E-state index is 0.443. The molecular weight excluding hydrogens is 224 g/mol. The van der Waals surface area contributed by atoms with E-state index in [1.165, 1.54) is 6.42 Å². The molecule has 2 heterocycles. The SMILES string of the molecule is CCC1(C)CCN(c2nccc(C#N)c2N)CC1. The van der Waals surface area contributed by atoms with Crippen LogP contribution in [0.25, 0.3) is 0 Å². The molecule has 4 nitrogen and oxygen atoms in total. The van der Waals surface area contributed by atoms with Crippen molar-refractivity contribution in [3.8, 4) is 6.07 Å². The van der Waals surface area contributed by atoms with Gasteiger partial charge in [-0.25, -0.2) is 4.98 Å². The summed E-state index contributed by atoms with van der Waals surface area (Å²) < 4.78 is 0. The number of anilines is 2. The Morgan fingerprint density at radius 2 is 2.17 bits per heavy atom. The number of piperidine rings is 1. The first-order valence-electron chi connectivity index (χ1n) is 6.49. The molecule has 0 aliphatic carbocycles. The van der Waals surface area contributed by atoms with Crippen molar-refractivity contribution in [2.24, 2.45) is 5.41 Å². The number of nitrogens with zero attached hydrogens (tertiary/aromatic N) is 3. The fourth-order valence-corrected chi connectivity index (χ4v) is 2.42. The van der Waals surface area contributed by atoms with Gasteiger partial charge in [-0.1, -0.05) is 20.3 Å². The number of nitrogens with two attached hydrogens (primary N) is 1. The molecular formula is C14H20N4. The molecule has 1 aliphatic heterocycles. The summed E-state index contributed by atoms with van der Waals surface area (Å²) in [7, 11) is 0. The highest BCUT2D eigenvalue weighted by atomic mass is 15.2. The van der Waals surface area contributed by atoms with Gasteiger partial charge in [0, 0.05) is 19.3 Å². The van der Waals surface area contributed by atoms with Crippen molar-refractivity contribution in [2.45, 2.75) is 33.1 Å². The normalized spacial score (nSPS) is 18.4. The molecule has 1 fully saturated rings. The molecule has 0 bridgehead atoms. The maximum Gasteiger partial charge on any atom is 0.153 e. The molecule has 1 aromatic rings. The lowest BCUT2D eigenvalue weighted by atomic mass is 9.78. The van der Waals surface area contributed by atoms with Gasteiger partial charge in [-0.3, -0.25) is 0 Å². The minimum atomic E-state index is 0.443. The molecule has 2 N–H and O–H groups in total. The van der Waals surface area contributed by atoms with Crippen molar-refractivity contribution >= 4 is 11.5 Å². The lowest BCUT2D eigenvalue weighted by Crippen LogP contribution is -2.39. The van der Waals surface area contributed by atoms with Crippen LogP contribution in [-0.2, 0) is 0 Å². The number of pyridine rings is 1. The summed E-state index contributed by atoms with van der Waals surface area (Å²) in [5, 5.41) is 8.99. The zero-order valence-corrected chi connectivity index (χ0v) is 11.1. The third-order valence-corrected chi connectivity index (χ3v) is 4.21. The van der Waals surface area contributed by atoms with Crippen molar-refractivity contribution < 1.29 is 0 Å². The summed E-state index contributed by atoms with van der Waals surface area (Å²) in [5.74, 6) is 0.771. The largest absolute Gasteiger partial charge is 0.395 e. The topological polar surface area (TPSA) is 65.9 Å². The number of hydrogen-bond donors (Lipinski definition) is 1. The lowest BCUT2D eigenvalue weighted by molar-refractivity contribution is 0.238. The van der Waals surface area contributed by atoms with Crippen molar-refractivity contribution in [1.82, 2.24) is 4.98 Å². The van der Waals surface area contributed by atoms with E-state index in [4.69, 9.17) is 11.0 Å². The van der Waals surface area contributed by atoms with Gasteiger partial charge in [0.2, 0.25) is 0 Å². The predicted octanol–water partition coefficient (Wildman–Crippen LogP) is 2.55. The minimum Gasteiger partial charge on any atom is -0.395 e. The molecule has 0 amide bonds. The quantitative estimate of drug-likeness (QED) is 0.868. The van der Waals surface area contributed by atoms with Gasteiger partial charge in [0.1, 0.15) is 6.07 Å². The van der Waals surface area contributed by atoms with Gasteiger partial charge in [-0.2, -0.15) is 5.26 Å². The van der Waals surface area contributed by atoms with Crippen LogP contribution in [0, 0.1) is 16.7 Å². The standard InChI is InChI=1S/C14H20N4/c1-3-14(2)5-8-18(9-6-14)13-12(16)11(10-15)4-7-17-13/h4,7H,3,5-6,8-9,16H2,1-2H3. The maximum atomic E-state index is 8.99. The molecule has 0 aromatic carbocycles. The van der Waals surface area contributed by atoms with E-state index in [-0.39, 0.29) is 0 Å². The van der Waals surface area contributed by atoms with Crippen LogP contribution >= 0.6 is 0 Å². The first kappa shape index (κ1) is 12.7. The second-order valence-corrected chi connectivity index (χ2v) is 5.36. The van der Waals surface area contributed by atoms with E-state index < -0.39 is 0 Å². The second-order valence-electron chi connectivity index (χ2n) is 5.36. The Kier molecular flexibility index (Phi) is 3.42. The predicted molar refractivity (Wildman–Crippen MR) is 73.2 cm³/mol. The van der Waals surface area contributed by atoms with Gasteiger partial charge >= 0.3 is 0 Å². The summed E-state index contributed by atoms with van der Waals surface area (Å²) in [6, 6.07) is 3.78. The number of nitrogen functional groups attached to an aromatic ring is 1. The van der Waals surface area contributed by atoms with Gasteiger partial charge in [0.25, 0.3) is 0 Å². The molecule has 96 valence electrons. The number of aromatic nitrogens is 1. The molecule has 4 heteroatoms. The first-order chi connectivity index (χ1) is 8.59. The van der Waals surface area contributed by atoms with E-state index in [1.807, 2.05) is 0 Å². The van der Waals surface area contributed by atoms with E-state index in [0.717, 1.165) is 31.7 Å². The maximum absolute atomic E-state index is 8.99. The van der Waals surface area contributed by atoms with Crippen LogP contribution in [0.5, 0.6) is 0 Å². The van der Waals surface area contributed by atoms with Crippen LogP contribution in [0.3, 0.4) is 0 Å². The van der Waals surface area contributed by atoms with E-state index in [9.17, 15) is 0 Å². The van der Waals surface area contributed by atoms with Gasteiger partial charge in [0.05, 0.1) is 11.3 Å². The fraction of sp³-hybridized carbons (Fsp3) is 0.571. The van der Waals surface area contributed by atoms with Gasteiger partial charge in [0.15, 0.2) is 5.82 Å². The van der Waals surface area contributed by atoms with Gasteiger partial charge in [-0.15, -0.1) is 0 Å². The highest BCUT2D eigenvalue weighted by Gasteiger charge is 2.29. The average molecular weight is 244 g/mol. The molecule has 0 spiro atoms. The van der Waals surface area contributed by atoms with Crippen molar-refractivity contribution in [2.75, 3.05) is 23.7 Å². The number of nitriles is 1. The van der Waals surface area contributed by atoms with E-state index >= 15 is 0 Å². The summed E-state index contributed by atoms with van der Waals surface area (Å²) in [6.07, 6.45) is 5.18.